The van der Waals surface area contributed by atoms with Gasteiger partial charge < -0.3 is 37.4 Å². The number of carboxylic acid groups (broad SMARTS) is 3. The minimum absolute atomic E-state index is 0.106. The SMILES string of the molecule is NC(=O)CC[C@H](N)C(=O)N[C@@H](CCC(=O)O)C(=O)N[C@@H](CCC(=O)O)C(=O)O. The van der Waals surface area contributed by atoms with E-state index in [1.165, 1.54) is 0 Å². The summed E-state index contributed by atoms with van der Waals surface area (Å²) in [6.07, 6.45) is -2.10. The molecule has 0 saturated carbocycles. The number of nitrogens with one attached hydrogen (secondary N) is 2. The zero-order valence-corrected chi connectivity index (χ0v) is 14.9. The smallest absolute Gasteiger partial charge is 0.326 e. The van der Waals surface area contributed by atoms with Crippen LogP contribution in [0.15, 0.2) is 0 Å². The highest BCUT2D eigenvalue weighted by Gasteiger charge is 2.28. The van der Waals surface area contributed by atoms with Crippen molar-refractivity contribution in [1.82, 2.24) is 10.6 Å². The van der Waals surface area contributed by atoms with Crippen LogP contribution >= 0.6 is 0 Å². The van der Waals surface area contributed by atoms with Gasteiger partial charge in [0.25, 0.3) is 0 Å². The Hall–Kier alpha value is -3.22. The maximum Gasteiger partial charge on any atom is 0.326 e. The molecule has 3 amide bonds. The van der Waals surface area contributed by atoms with E-state index >= 15 is 0 Å². The van der Waals surface area contributed by atoms with Crippen LogP contribution in [0, 0.1) is 0 Å². The van der Waals surface area contributed by atoms with E-state index in [0.29, 0.717) is 0 Å². The van der Waals surface area contributed by atoms with Crippen molar-refractivity contribution in [2.45, 2.75) is 56.7 Å². The standard InChI is InChI=1S/C15H24N4O9/c16-7(1-4-10(17)20)13(25)18-8(2-5-11(21)22)14(26)19-9(15(27)28)3-6-12(23)24/h7-9H,1-6,16H2,(H2,17,20)(H,18,25)(H,19,26)(H,21,22)(H,23,24)(H,27,28)/t7-,8-,9-/m0/s1. The van der Waals surface area contributed by atoms with Crippen LogP contribution < -0.4 is 22.1 Å². The number of aliphatic carboxylic acids is 3. The van der Waals surface area contributed by atoms with Gasteiger partial charge >= 0.3 is 17.9 Å². The first-order valence-corrected chi connectivity index (χ1v) is 8.25. The molecule has 0 aliphatic carbocycles. The van der Waals surface area contributed by atoms with E-state index in [4.69, 9.17) is 26.8 Å². The summed E-state index contributed by atoms with van der Waals surface area (Å²) in [5.41, 5.74) is 10.5. The number of carboxylic acids is 3. The second-order valence-corrected chi connectivity index (χ2v) is 5.94. The largest absolute Gasteiger partial charge is 0.481 e. The first kappa shape index (κ1) is 24.8. The van der Waals surface area contributed by atoms with Gasteiger partial charge in [-0.05, 0) is 19.3 Å². The van der Waals surface area contributed by atoms with Gasteiger partial charge in [-0.3, -0.25) is 24.0 Å². The number of rotatable bonds is 14. The summed E-state index contributed by atoms with van der Waals surface area (Å²) in [7, 11) is 0. The number of hydrogen-bond donors (Lipinski definition) is 7. The highest BCUT2D eigenvalue weighted by molar-refractivity contribution is 5.92. The number of amides is 3. The van der Waals surface area contributed by atoms with Crippen molar-refractivity contribution in [3.05, 3.63) is 0 Å². The van der Waals surface area contributed by atoms with Crippen LogP contribution in [0.25, 0.3) is 0 Å². The third-order valence-electron chi connectivity index (χ3n) is 3.58. The molecule has 158 valence electrons. The van der Waals surface area contributed by atoms with Crippen LogP contribution in [0.2, 0.25) is 0 Å². The molecular formula is C15H24N4O9. The molecule has 0 aliphatic heterocycles. The summed E-state index contributed by atoms with van der Waals surface area (Å²) in [4.78, 5) is 67.6. The Morgan fingerprint density at radius 1 is 0.714 bits per heavy atom. The van der Waals surface area contributed by atoms with Gasteiger partial charge in [-0.25, -0.2) is 4.79 Å². The molecule has 0 spiro atoms. The van der Waals surface area contributed by atoms with Crippen molar-refractivity contribution in [2.24, 2.45) is 11.5 Å². The quantitative estimate of drug-likeness (QED) is 0.159. The van der Waals surface area contributed by atoms with Crippen LogP contribution in [0.5, 0.6) is 0 Å². The average molecular weight is 404 g/mol. The van der Waals surface area contributed by atoms with Crippen molar-refractivity contribution in [3.8, 4) is 0 Å². The van der Waals surface area contributed by atoms with E-state index in [9.17, 15) is 28.8 Å². The van der Waals surface area contributed by atoms with Gasteiger partial charge in [0.1, 0.15) is 12.1 Å². The van der Waals surface area contributed by atoms with E-state index in [-0.39, 0.29) is 19.3 Å². The Labute approximate surface area is 159 Å². The Balaban J connectivity index is 5.08. The average Bonchev–Trinajstić information content (AvgIpc) is 2.58. The first-order valence-electron chi connectivity index (χ1n) is 8.25. The molecule has 0 aromatic heterocycles. The van der Waals surface area contributed by atoms with Crippen molar-refractivity contribution < 1.29 is 44.1 Å². The van der Waals surface area contributed by atoms with Crippen LogP contribution in [0.4, 0.5) is 0 Å². The Morgan fingerprint density at radius 2 is 1.18 bits per heavy atom. The molecule has 0 rings (SSSR count). The topological polar surface area (TPSA) is 239 Å². The third kappa shape index (κ3) is 10.7. The molecule has 0 aromatic carbocycles. The highest BCUT2D eigenvalue weighted by atomic mass is 16.4. The van der Waals surface area contributed by atoms with E-state index in [1.807, 2.05) is 0 Å². The lowest BCUT2D eigenvalue weighted by molar-refractivity contribution is -0.144. The Morgan fingerprint density at radius 3 is 1.61 bits per heavy atom. The zero-order chi connectivity index (χ0) is 21.9. The number of hydrogen-bond acceptors (Lipinski definition) is 7. The number of primary amides is 1. The fourth-order valence-corrected chi connectivity index (χ4v) is 2.04. The van der Waals surface area contributed by atoms with Gasteiger partial charge in [-0.1, -0.05) is 0 Å². The van der Waals surface area contributed by atoms with E-state index < -0.39 is 73.0 Å². The van der Waals surface area contributed by atoms with Gasteiger partial charge in [0.15, 0.2) is 0 Å². The van der Waals surface area contributed by atoms with E-state index in [1.54, 1.807) is 0 Å². The van der Waals surface area contributed by atoms with E-state index in [2.05, 4.69) is 10.6 Å². The zero-order valence-electron chi connectivity index (χ0n) is 14.9. The van der Waals surface area contributed by atoms with Gasteiger partial charge in [-0.2, -0.15) is 0 Å². The summed E-state index contributed by atoms with van der Waals surface area (Å²) in [6, 6.07) is -4.17. The third-order valence-corrected chi connectivity index (χ3v) is 3.58. The van der Waals surface area contributed by atoms with Crippen molar-refractivity contribution in [3.63, 3.8) is 0 Å². The number of carbonyl (C=O) groups excluding carboxylic acids is 3. The fourth-order valence-electron chi connectivity index (χ4n) is 2.04. The lowest BCUT2D eigenvalue weighted by atomic mass is 10.1. The lowest BCUT2D eigenvalue weighted by Gasteiger charge is -2.22. The molecule has 28 heavy (non-hydrogen) atoms. The van der Waals surface area contributed by atoms with Crippen molar-refractivity contribution in [1.29, 1.82) is 0 Å². The van der Waals surface area contributed by atoms with E-state index in [0.717, 1.165) is 0 Å². The first-order chi connectivity index (χ1) is 12.9. The summed E-state index contributed by atoms with van der Waals surface area (Å²) >= 11 is 0. The molecule has 0 unspecified atom stereocenters. The molecule has 13 heteroatoms. The number of carbonyl (C=O) groups is 6. The summed E-state index contributed by atoms with van der Waals surface area (Å²) < 4.78 is 0. The second kappa shape index (κ2) is 12.2. The van der Waals surface area contributed by atoms with Crippen LogP contribution in [-0.2, 0) is 28.8 Å². The number of nitrogens with two attached hydrogens (primary N) is 2. The molecule has 9 N–H and O–H groups in total. The Bertz CT molecular complexity index is 623. The van der Waals surface area contributed by atoms with Crippen LogP contribution in [-0.4, -0.2) is 69.1 Å². The van der Waals surface area contributed by atoms with Gasteiger partial charge in [0, 0.05) is 19.3 Å². The normalized spacial score (nSPS) is 13.6. The van der Waals surface area contributed by atoms with Crippen LogP contribution in [0.1, 0.15) is 38.5 Å². The summed E-state index contributed by atoms with van der Waals surface area (Å²) in [5, 5.41) is 30.7. The van der Waals surface area contributed by atoms with Gasteiger partial charge in [0.2, 0.25) is 17.7 Å². The molecule has 3 atom stereocenters. The van der Waals surface area contributed by atoms with Crippen molar-refractivity contribution >= 4 is 35.6 Å². The molecule has 0 bridgehead atoms. The maximum atomic E-state index is 12.3. The van der Waals surface area contributed by atoms with Gasteiger partial charge in [-0.15, -0.1) is 0 Å². The lowest BCUT2D eigenvalue weighted by Crippen LogP contribution is -2.54. The highest BCUT2D eigenvalue weighted by Crippen LogP contribution is 2.04. The molecule has 13 nitrogen and oxygen atoms in total. The van der Waals surface area contributed by atoms with Crippen molar-refractivity contribution in [2.75, 3.05) is 0 Å². The van der Waals surface area contributed by atoms with Crippen LogP contribution in [0.3, 0.4) is 0 Å². The second-order valence-electron chi connectivity index (χ2n) is 5.94. The fraction of sp³-hybridized carbons (Fsp3) is 0.600. The molecular weight excluding hydrogens is 380 g/mol. The molecule has 0 radical (unpaired) electrons. The molecule has 0 aromatic rings. The summed E-state index contributed by atoms with van der Waals surface area (Å²) in [5.74, 6) is -6.57. The minimum atomic E-state index is -1.55. The molecule has 0 saturated heterocycles. The monoisotopic (exact) mass is 404 g/mol. The molecule has 0 aliphatic rings. The molecule has 0 fully saturated rings. The predicted molar refractivity (Wildman–Crippen MR) is 91.6 cm³/mol. The minimum Gasteiger partial charge on any atom is -0.481 e. The summed E-state index contributed by atoms with van der Waals surface area (Å²) in [6.45, 7) is 0. The van der Waals surface area contributed by atoms with Gasteiger partial charge in [0.05, 0.1) is 6.04 Å². The predicted octanol–water partition coefficient (Wildman–Crippen LogP) is -2.64. The Kier molecular flexibility index (Phi) is 10.8. The maximum absolute atomic E-state index is 12.3. The molecule has 0 heterocycles.